The zero-order valence-corrected chi connectivity index (χ0v) is 10.7. The monoisotopic (exact) mass is 260 g/mol. The third-order valence-electron chi connectivity index (χ3n) is 3.95. The summed E-state index contributed by atoms with van der Waals surface area (Å²) < 4.78 is 16.5. The van der Waals surface area contributed by atoms with Gasteiger partial charge in [-0.05, 0) is 37.7 Å². The molecule has 5 heteroatoms. The van der Waals surface area contributed by atoms with E-state index in [1.165, 1.54) is 17.5 Å². The Labute approximate surface area is 110 Å². The van der Waals surface area contributed by atoms with Gasteiger partial charge in [0, 0.05) is 18.6 Å². The Balaban J connectivity index is 1.56. The van der Waals surface area contributed by atoms with Crippen LogP contribution in [0, 0.1) is 0 Å². The first-order valence-electron chi connectivity index (χ1n) is 6.94. The maximum absolute atomic E-state index is 5.59. The fourth-order valence-corrected chi connectivity index (χ4v) is 2.98. The van der Waals surface area contributed by atoms with Gasteiger partial charge in [-0.25, -0.2) is 0 Å². The summed E-state index contributed by atoms with van der Waals surface area (Å²) in [6.07, 6.45) is 8.33. The highest BCUT2D eigenvalue weighted by molar-refractivity contribution is 5.55. The van der Waals surface area contributed by atoms with Gasteiger partial charge in [-0.3, -0.25) is 0 Å². The van der Waals surface area contributed by atoms with Crippen LogP contribution >= 0.6 is 0 Å². The van der Waals surface area contributed by atoms with Gasteiger partial charge in [0.05, 0.1) is 12.4 Å². The molecule has 100 valence electrons. The average Bonchev–Trinajstić information content (AvgIpc) is 3.13. The van der Waals surface area contributed by atoms with Crippen molar-refractivity contribution in [3.8, 4) is 11.7 Å². The molecule has 19 heavy (non-hydrogen) atoms. The molecule has 0 spiro atoms. The van der Waals surface area contributed by atoms with Crippen LogP contribution in [0.15, 0.2) is 15.2 Å². The predicted octanol–water partition coefficient (Wildman–Crippen LogP) is 2.54. The van der Waals surface area contributed by atoms with Gasteiger partial charge >= 0.3 is 0 Å². The van der Waals surface area contributed by atoms with Crippen LogP contribution in [0.2, 0.25) is 0 Å². The molecule has 0 amide bonds. The minimum absolute atomic E-state index is 0.243. The van der Waals surface area contributed by atoms with Crippen LogP contribution in [0.3, 0.4) is 0 Å². The Bertz CT molecular complexity index is 581. The van der Waals surface area contributed by atoms with E-state index in [-0.39, 0.29) is 6.10 Å². The summed E-state index contributed by atoms with van der Waals surface area (Å²) in [5.74, 6) is 1.99. The van der Waals surface area contributed by atoms with E-state index in [0.717, 1.165) is 44.5 Å². The molecule has 4 rings (SSSR count). The van der Waals surface area contributed by atoms with Gasteiger partial charge in [0.25, 0.3) is 5.89 Å². The van der Waals surface area contributed by atoms with Crippen LogP contribution in [-0.2, 0) is 24.0 Å². The SMILES string of the molecule is c1oc(-c2nc(CC3CCCO3)no2)c2c1CCC2. The number of hydrogen-bond acceptors (Lipinski definition) is 5. The number of furan rings is 1. The minimum Gasteiger partial charge on any atom is -0.459 e. The lowest BCUT2D eigenvalue weighted by Gasteiger charge is -2.03. The molecule has 2 aromatic rings. The number of aromatic nitrogens is 2. The summed E-state index contributed by atoms with van der Waals surface area (Å²) in [6.45, 7) is 0.848. The lowest BCUT2D eigenvalue weighted by molar-refractivity contribution is 0.109. The van der Waals surface area contributed by atoms with Crippen molar-refractivity contribution in [3.63, 3.8) is 0 Å². The van der Waals surface area contributed by atoms with E-state index in [2.05, 4.69) is 10.1 Å². The summed E-state index contributed by atoms with van der Waals surface area (Å²) in [5, 5.41) is 4.04. The molecule has 0 radical (unpaired) electrons. The molecule has 2 aromatic heterocycles. The summed E-state index contributed by atoms with van der Waals surface area (Å²) in [5.41, 5.74) is 2.53. The third-order valence-corrected chi connectivity index (χ3v) is 3.95. The average molecular weight is 260 g/mol. The molecule has 3 heterocycles. The molecule has 0 saturated carbocycles. The van der Waals surface area contributed by atoms with Crippen molar-refractivity contribution in [1.29, 1.82) is 0 Å². The normalized spacial score (nSPS) is 22.0. The van der Waals surface area contributed by atoms with Gasteiger partial charge in [-0.15, -0.1) is 0 Å². The molecule has 1 aliphatic carbocycles. The topological polar surface area (TPSA) is 61.3 Å². The third kappa shape index (κ3) is 1.98. The highest BCUT2D eigenvalue weighted by atomic mass is 16.5. The van der Waals surface area contributed by atoms with Gasteiger partial charge in [0.15, 0.2) is 11.6 Å². The summed E-state index contributed by atoms with van der Waals surface area (Å²) in [4.78, 5) is 4.44. The smallest absolute Gasteiger partial charge is 0.293 e. The van der Waals surface area contributed by atoms with Crippen molar-refractivity contribution in [1.82, 2.24) is 10.1 Å². The van der Waals surface area contributed by atoms with Crippen molar-refractivity contribution in [2.45, 2.75) is 44.6 Å². The van der Waals surface area contributed by atoms with E-state index >= 15 is 0 Å². The van der Waals surface area contributed by atoms with Crippen molar-refractivity contribution >= 4 is 0 Å². The fourth-order valence-electron chi connectivity index (χ4n) is 2.98. The molecule has 5 nitrogen and oxygen atoms in total. The Morgan fingerprint density at radius 2 is 2.26 bits per heavy atom. The Kier molecular flexibility index (Phi) is 2.65. The number of ether oxygens (including phenoxy) is 1. The fraction of sp³-hybridized carbons (Fsp3) is 0.571. The number of hydrogen-bond donors (Lipinski definition) is 0. The summed E-state index contributed by atoms with van der Waals surface area (Å²) >= 11 is 0. The number of rotatable bonds is 3. The van der Waals surface area contributed by atoms with Crippen molar-refractivity contribution in [3.05, 3.63) is 23.2 Å². The summed E-state index contributed by atoms with van der Waals surface area (Å²) in [6, 6.07) is 0. The quantitative estimate of drug-likeness (QED) is 0.848. The molecule has 1 fully saturated rings. The second-order valence-electron chi connectivity index (χ2n) is 5.28. The van der Waals surface area contributed by atoms with E-state index in [4.69, 9.17) is 13.7 Å². The first-order chi connectivity index (χ1) is 9.40. The standard InChI is InChI=1S/C14H16N2O3/c1-3-9-8-18-13(11(9)5-1)14-15-12(16-19-14)7-10-4-2-6-17-10/h8,10H,1-7H2. The zero-order valence-electron chi connectivity index (χ0n) is 10.7. The Morgan fingerprint density at radius 1 is 1.26 bits per heavy atom. The number of nitrogens with zero attached hydrogens (tertiary/aromatic N) is 2. The highest BCUT2D eigenvalue weighted by Gasteiger charge is 2.25. The molecule has 2 aliphatic rings. The van der Waals surface area contributed by atoms with Crippen LogP contribution < -0.4 is 0 Å². The zero-order chi connectivity index (χ0) is 12.7. The second-order valence-corrected chi connectivity index (χ2v) is 5.28. The molecule has 0 N–H and O–H groups in total. The molecule has 1 atom stereocenters. The molecule has 1 aliphatic heterocycles. The van der Waals surface area contributed by atoms with Gasteiger partial charge in [-0.1, -0.05) is 5.16 Å². The van der Waals surface area contributed by atoms with Gasteiger partial charge < -0.3 is 13.7 Å². The van der Waals surface area contributed by atoms with Gasteiger partial charge in [0.2, 0.25) is 0 Å². The van der Waals surface area contributed by atoms with Crippen LogP contribution in [-0.4, -0.2) is 22.9 Å². The first-order valence-corrected chi connectivity index (χ1v) is 6.94. The van der Waals surface area contributed by atoms with Crippen LogP contribution in [0.25, 0.3) is 11.7 Å². The molecular formula is C14H16N2O3. The van der Waals surface area contributed by atoms with E-state index < -0.39 is 0 Å². The van der Waals surface area contributed by atoms with Crippen molar-refractivity contribution in [2.24, 2.45) is 0 Å². The lowest BCUT2D eigenvalue weighted by Crippen LogP contribution is -2.09. The van der Waals surface area contributed by atoms with Gasteiger partial charge in [-0.2, -0.15) is 4.98 Å². The Hall–Kier alpha value is -1.62. The number of fused-ring (bicyclic) bond motifs is 1. The maximum Gasteiger partial charge on any atom is 0.293 e. The van der Waals surface area contributed by atoms with E-state index in [9.17, 15) is 0 Å². The lowest BCUT2D eigenvalue weighted by atomic mass is 10.2. The van der Waals surface area contributed by atoms with Crippen LogP contribution in [0.1, 0.15) is 36.2 Å². The highest BCUT2D eigenvalue weighted by Crippen LogP contribution is 2.33. The first kappa shape index (κ1) is 11.2. The van der Waals surface area contributed by atoms with Crippen molar-refractivity contribution < 1.29 is 13.7 Å². The molecule has 0 bridgehead atoms. The van der Waals surface area contributed by atoms with Crippen LogP contribution in [0.5, 0.6) is 0 Å². The maximum atomic E-state index is 5.59. The largest absolute Gasteiger partial charge is 0.459 e. The molecule has 0 aromatic carbocycles. The second kappa shape index (κ2) is 4.49. The van der Waals surface area contributed by atoms with E-state index in [1.54, 1.807) is 0 Å². The van der Waals surface area contributed by atoms with E-state index in [1.807, 2.05) is 6.26 Å². The Morgan fingerprint density at radius 3 is 3.16 bits per heavy atom. The predicted molar refractivity (Wildman–Crippen MR) is 66.7 cm³/mol. The molecule has 1 saturated heterocycles. The van der Waals surface area contributed by atoms with Crippen LogP contribution in [0.4, 0.5) is 0 Å². The molecule has 1 unspecified atom stereocenters. The van der Waals surface area contributed by atoms with E-state index in [0.29, 0.717) is 11.7 Å². The van der Waals surface area contributed by atoms with Gasteiger partial charge in [0.1, 0.15) is 0 Å². The number of aryl methyl sites for hydroxylation is 1. The van der Waals surface area contributed by atoms with Crippen molar-refractivity contribution in [2.75, 3.05) is 6.61 Å². The summed E-state index contributed by atoms with van der Waals surface area (Å²) in [7, 11) is 0. The molecular weight excluding hydrogens is 244 g/mol. The minimum atomic E-state index is 0.243.